The van der Waals surface area contributed by atoms with E-state index < -0.39 is 6.04 Å². The van der Waals surface area contributed by atoms with Gasteiger partial charge in [0.25, 0.3) is 5.24 Å². The molecule has 1 saturated heterocycles. The van der Waals surface area contributed by atoms with Gasteiger partial charge in [0, 0.05) is 24.3 Å². The van der Waals surface area contributed by atoms with Crippen LogP contribution in [0.25, 0.3) is 0 Å². The van der Waals surface area contributed by atoms with Crippen molar-refractivity contribution in [2.24, 2.45) is 0 Å². The summed E-state index contributed by atoms with van der Waals surface area (Å²) in [7, 11) is 0. The molecule has 3 N–H and O–H groups in total. The lowest BCUT2D eigenvalue weighted by atomic mass is 10.1. The fraction of sp³-hybridized carbons (Fsp3) is 0.333. The maximum absolute atomic E-state index is 11.9. The van der Waals surface area contributed by atoms with Crippen LogP contribution in [-0.2, 0) is 11.3 Å². The van der Waals surface area contributed by atoms with Crippen molar-refractivity contribution in [3.63, 3.8) is 0 Å². The molecule has 1 aliphatic heterocycles. The first-order valence-electron chi connectivity index (χ1n) is 6.58. The van der Waals surface area contributed by atoms with Crippen LogP contribution in [0, 0.1) is 11.8 Å². The molecule has 110 valence electrons. The Kier molecular flexibility index (Phi) is 5.67. The Morgan fingerprint density at radius 1 is 1.52 bits per heavy atom. The summed E-state index contributed by atoms with van der Waals surface area (Å²) in [5, 5.41) is 13.9. The number of carbonyl (C=O) groups is 2. The molecule has 0 bridgehead atoms. The van der Waals surface area contributed by atoms with Crippen LogP contribution in [0.3, 0.4) is 0 Å². The number of aliphatic hydroxyl groups is 1. The van der Waals surface area contributed by atoms with Gasteiger partial charge >= 0.3 is 0 Å². The molecular weight excluding hydrogens is 288 g/mol. The van der Waals surface area contributed by atoms with Crippen LogP contribution in [0.1, 0.15) is 17.5 Å². The fourth-order valence-electron chi connectivity index (χ4n) is 1.82. The molecule has 1 heterocycles. The lowest BCUT2D eigenvalue weighted by Gasteiger charge is -2.10. The molecule has 1 atom stereocenters. The highest BCUT2D eigenvalue weighted by molar-refractivity contribution is 8.14. The van der Waals surface area contributed by atoms with Crippen LogP contribution >= 0.6 is 11.8 Å². The molecule has 1 aromatic rings. The smallest absolute Gasteiger partial charge is 0.279 e. The van der Waals surface area contributed by atoms with E-state index in [-0.39, 0.29) is 17.8 Å². The maximum atomic E-state index is 11.9. The summed E-state index contributed by atoms with van der Waals surface area (Å²) in [5.41, 5.74) is 1.79. The third-order valence-electron chi connectivity index (χ3n) is 2.85. The topological polar surface area (TPSA) is 78.4 Å². The molecule has 0 radical (unpaired) electrons. The van der Waals surface area contributed by atoms with Crippen molar-refractivity contribution in [1.82, 2.24) is 10.6 Å². The molecule has 1 fully saturated rings. The first-order chi connectivity index (χ1) is 10.2. The second kappa shape index (κ2) is 7.72. The predicted molar refractivity (Wildman–Crippen MR) is 81.6 cm³/mol. The average molecular weight is 304 g/mol. The summed E-state index contributed by atoms with van der Waals surface area (Å²) < 4.78 is 0. The van der Waals surface area contributed by atoms with Gasteiger partial charge in [-0.3, -0.25) is 9.59 Å². The number of hydrogen-bond donors (Lipinski definition) is 3. The minimum Gasteiger partial charge on any atom is -0.395 e. The summed E-state index contributed by atoms with van der Waals surface area (Å²) in [6, 6.07) is 7.10. The monoisotopic (exact) mass is 304 g/mol. The Balaban J connectivity index is 1.88. The molecule has 5 nitrogen and oxygen atoms in total. The van der Waals surface area contributed by atoms with E-state index in [9.17, 15) is 9.59 Å². The van der Waals surface area contributed by atoms with Gasteiger partial charge in [-0.15, -0.1) is 0 Å². The Morgan fingerprint density at radius 2 is 2.38 bits per heavy atom. The number of amides is 2. The minimum absolute atomic E-state index is 0.0495. The Morgan fingerprint density at radius 3 is 3.10 bits per heavy atom. The summed E-state index contributed by atoms with van der Waals surface area (Å²) >= 11 is 1.12. The van der Waals surface area contributed by atoms with Crippen molar-refractivity contribution in [1.29, 1.82) is 0 Å². The SMILES string of the molecule is O=C1NC(C(=O)NCc2cccc(C#CCCO)c2)CS1. The molecule has 1 unspecified atom stereocenters. The van der Waals surface area contributed by atoms with Crippen molar-refractivity contribution >= 4 is 22.9 Å². The second-order valence-corrected chi connectivity index (χ2v) is 5.48. The van der Waals surface area contributed by atoms with Gasteiger partial charge in [-0.25, -0.2) is 0 Å². The predicted octanol–water partition coefficient (Wildman–Crippen LogP) is 0.862. The third kappa shape index (κ3) is 4.81. The van der Waals surface area contributed by atoms with Gasteiger partial charge in [0.05, 0.1) is 6.61 Å². The number of aliphatic hydroxyl groups excluding tert-OH is 1. The molecule has 21 heavy (non-hydrogen) atoms. The maximum Gasteiger partial charge on any atom is 0.279 e. The Hall–Kier alpha value is -1.97. The molecule has 0 saturated carbocycles. The molecule has 0 spiro atoms. The minimum atomic E-state index is -0.449. The normalized spacial score (nSPS) is 16.8. The number of rotatable bonds is 4. The van der Waals surface area contributed by atoms with Gasteiger partial charge < -0.3 is 15.7 Å². The molecule has 0 aromatic heterocycles. The lowest BCUT2D eigenvalue weighted by Crippen LogP contribution is -2.42. The average Bonchev–Trinajstić information content (AvgIpc) is 2.92. The number of benzene rings is 1. The first-order valence-corrected chi connectivity index (χ1v) is 7.57. The number of nitrogens with one attached hydrogen (secondary N) is 2. The zero-order chi connectivity index (χ0) is 15.1. The van der Waals surface area contributed by atoms with E-state index >= 15 is 0 Å². The second-order valence-electron chi connectivity index (χ2n) is 4.49. The molecule has 2 amide bonds. The van der Waals surface area contributed by atoms with E-state index in [0.29, 0.717) is 18.7 Å². The van der Waals surface area contributed by atoms with Gasteiger partial charge in [0.2, 0.25) is 5.91 Å². The molecule has 2 rings (SSSR count). The number of carbonyl (C=O) groups excluding carboxylic acids is 2. The van der Waals surface area contributed by atoms with Crippen molar-refractivity contribution < 1.29 is 14.7 Å². The van der Waals surface area contributed by atoms with Crippen molar-refractivity contribution in [3.05, 3.63) is 35.4 Å². The Bertz CT molecular complexity index is 592. The molecule has 1 aromatic carbocycles. The highest BCUT2D eigenvalue weighted by Gasteiger charge is 2.27. The highest BCUT2D eigenvalue weighted by Crippen LogP contribution is 2.13. The highest BCUT2D eigenvalue weighted by atomic mass is 32.2. The molecule has 0 aliphatic carbocycles. The van der Waals surface area contributed by atoms with Crippen molar-refractivity contribution in [2.45, 2.75) is 19.0 Å². The Labute approximate surface area is 127 Å². The van der Waals surface area contributed by atoms with Crippen molar-refractivity contribution in [3.8, 4) is 11.8 Å². The summed E-state index contributed by atoms with van der Waals surface area (Å²) in [5.74, 6) is 6.10. The summed E-state index contributed by atoms with van der Waals surface area (Å²) in [6.45, 7) is 0.444. The van der Waals surface area contributed by atoms with E-state index in [1.807, 2.05) is 24.3 Å². The zero-order valence-corrected chi connectivity index (χ0v) is 12.2. The van der Waals surface area contributed by atoms with Gasteiger partial charge in [0.1, 0.15) is 6.04 Å². The largest absolute Gasteiger partial charge is 0.395 e. The van der Waals surface area contributed by atoms with Gasteiger partial charge in [-0.05, 0) is 17.7 Å². The van der Waals surface area contributed by atoms with E-state index in [2.05, 4.69) is 22.5 Å². The van der Waals surface area contributed by atoms with Crippen LogP contribution in [0.4, 0.5) is 4.79 Å². The van der Waals surface area contributed by atoms with E-state index in [1.165, 1.54) is 0 Å². The van der Waals surface area contributed by atoms with Crippen molar-refractivity contribution in [2.75, 3.05) is 12.4 Å². The lowest BCUT2D eigenvalue weighted by molar-refractivity contribution is -0.122. The quantitative estimate of drug-likeness (QED) is 0.721. The van der Waals surface area contributed by atoms with E-state index in [1.54, 1.807) is 0 Å². The molecular formula is C15H16N2O3S. The fourth-order valence-corrected chi connectivity index (χ4v) is 2.60. The molecule has 1 aliphatic rings. The number of thioether (sulfide) groups is 1. The van der Waals surface area contributed by atoms with Crippen LogP contribution in [0.2, 0.25) is 0 Å². The van der Waals surface area contributed by atoms with Crippen LogP contribution in [-0.4, -0.2) is 34.7 Å². The summed E-state index contributed by atoms with van der Waals surface area (Å²) in [6.07, 6.45) is 0.444. The van der Waals surface area contributed by atoms with Crippen LogP contribution in [0.5, 0.6) is 0 Å². The zero-order valence-electron chi connectivity index (χ0n) is 11.4. The third-order valence-corrected chi connectivity index (χ3v) is 3.73. The standard InChI is InChI=1S/C15H16N2O3S/c18-7-2-1-4-11-5-3-6-12(8-11)9-16-14(19)13-10-21-15(20)17-13/h3,5-6,8,13,18H,2,7,9-10H2,(H,16,19)(H,17,20). The van der Waals surface area contributed by atoms with E-state index in [4.69, 9.17) is 5.11 Å². The van der Waals surface area contributed by atoms with Gasteiger partial charge in [-0.2, -0.15) is 0 Å². The van der Waals surface area contributed by atoms with Crippen LogP contribution < -0.4 is 10.6 Å². The molecule has 6 heteroatoms. The van der Waals surface area contributed by atoms with Crippen LogP contribution in [0.15, 0.2) is 24.3 Å². The first kappa shape index (κ1) is 15.4. The number of hydrogen-bond acceptors (Lipinski definition) is 4. The van der Waals surface area contributed by atoms with Gasteiger partial charge in [0.15, 0.2) is 0 Å². The van der Waals surface area contributed by atoms with E-state index in [0.717, 1.165) is 22.9 Å². The van der Waals surface area contributed by atoms with Gasteiger partial charge in [-0.1, -0.05) is 35.7 Å². The summed E-state index contributed by atoms with van der Waals surface area (Å²) in [4.78, 5) is 22.9.